The summed E-state index contributed by atoms with van der Waals surface area (Å²) in [5.41, 5.74) is 1.59. The number of aryl methyl sites for hydroxylation is 1. The van der Waals surface area contributed by atoms with Crippen molar-refractivity contribution in [1.29, 1.82) is 0 Å². The Morgan fingerprint density at radius 3 is 2.64 bits per heavy atom. The van der Waals surface area contributed by atoms with E-state index in [4.69, 9.17) is 9.84 Å². The van der Waals surface area contributed by atoms with Crippen LogP contribution in [-0.4, -0.2) is 48.1 Å². The van der Waals surface area contributed by atoms with Crippen LogP contribution in [0.3, 0.4) is 0 Å². The van der Waals surface area contributed by atoms with E-state index in [1.54, 1.807) is 17.9 Å². The number of ether oxygens (including phenoxy) is 1. The van der Waals surface area contributed by atoms with Crippen molar-refractivity contribution in [3.05, 3.63) is 23.8 Å². The monoisotopic (exact) mass is 308 g/mol. The first-order chi connectivity index (χ1) is 10.4. The summed E-state index contributed by atoms with van der Waals surface area (Å²) in [6.07, 6.45) is 0.776. The molecule has 0 saturated heterocycles. The third-order valence-corrected chi connectivity index (χ3v) is 3.39. The molecule has 6 heteroatoms. The number of rotatable bonds is 8. The predicted octanol–water partition coefficient (Wildman–Crippen LogP) is 2.13. The van der Waals surface area contributed by atoms with Crippen LogP contribution in [0.4, 0.5) is 5.69 Å². The number of anilines is 1. The van der Waals surface area contributed by atoms with E-state index in [-0.39, 0.29) is 12.5 Å². The number of aliphatic carboxylic acids is 1. The number of carboxylic acid groups (broad SMARTS) is 1. The standard InChI is InChI=1S/C16H24N2O4/c1-5-8-18(10-15(19)20)12(3)16(21)17-13-9-11(2)6-7-14(13)22-4/h6-7,9,12H,5,8,10H2,1-4H3,(H,17,21)(H,19,20). The highest BCUT2D eigenvalue weighted by molar-refractivity contribution is 5.96. The van der Waals surface area contributed by atoms with E-state index in [9.17, 15) is 9.59 Å². The molecule has 1 atom stereocenters. The van der Waals surface area contributed by atoms with Gasteiger partial charge in [0, 0.05) is 0 Å². The lowest BCUT2D eigenvalue weighted by atomic mass is 10.2. The van der Waals surface area contributed by atoms with Gasteiger partial charge in [0.05, 0.1) is 25.4 Å². The molecule has 1 aromatic carbocycles. The van der Waals surface area contributed by atoms with Gasteiger partial charge in [-0.05, 0) is 44.5 Å². The van der Waals surface area contributed by atoms with E-state index in [0.717, 1.165) is 12.0 Å². The Bertz CT molecular complexity index is 531. The van der Waals surface area contributed by atoms with Gasteiger partial charge in [0.15, 0.2) is 0 Å². The van der Waals surface area contributed by atoms with Gasteiger partial charge in [0.1, 0.15) is 5.75 Å². The number of amides is 1. The number of nitrogens with zero attached hydrogens (tertiary/aromatic N) is 1. The summed E-state index contributed by atoms with van der Waals surface area (Å²) in [6, 6.07) is 4.97. The maximum Gasteiger partial charge on any atom is 0.317 e. The van der Waals surface area contributed by atoms with Crippen LogP contribution in [-0.2, 0) is 9.59 Å². The van der Waals surface area contributed by atoms with Crippen LogP contribution in [0.15, 0.2) is 18.2 Å². The first-order valence-electron chi connectivity index (χ1n) is 7.30. The van der Waals surface area contributed by atoms with Crippen molar-refractivity contribution in [1.82, 2.24) is 4.90 Å². The minimum atomic E-state index is -0.943. The van der Waals surface area contributed by atoms with Crippen LogP contribution in [0.5, 0.6) is 5.75 Å². The number of hydrogen-bond acceptors (Lipinski definition) is 4. The third kappa shape index (κ3) is 5.04. The summed E-state index contributed by atoms with van der Waals surface area (Å²) in [5, 5.41) is 11.8. The summed E-state index contributed by atoms with van der Waals surface area (Å²) < 4.78 is 5.23. The Morgan fingerprint density at radius 2 is 2.09 bits per heavy atom. The number of methoxy groups -OCH3 is 1. The molecule has 1 unspecified atom stereocenters. The Morgan fingerprint density at radius 1 is 1.41 bits per heavy atom. The SMILES string of the molecule is CCCN(CC(=O)O)C(C)C(=O)Nc1cc(C)ccc1OC. The molecule has 0 spiro atoms. The fourth-order valence-corrected chi connectivity index (χ4v) is 2.19. The molecule has 0 bridgehead atoms. The lowest BCUT2D eigenvalue weighted by molar-refractivity contribution is -0.139. The predicted molar refractivity (Wildman–Crippen MR) is 85.3 cm³/mol. The van der Waals surface area contributed by atoms with Gasteiger partial charge in [-0.2, -0.15) is 0 Å². The number of carboxylic acids is 1. The van der Waals surface area contributed by atoms with Crippen molar-refractivity contribution in [2.75, 3.05) is 25.5 Å². The van der Waals surface area contributed by atoms with Crippen molar-refractivity contribution in [3.63, 3.8) is 0 Å². The second kappa shape index (κ2) is 8.38. The van der Waals surface area contributed by atoms with Gasteiger partial charge in [-0.25, -0.2) is 0 Å². The summed E-state index contributed by atoms with van der Waals surface area (Å²) in [7, 11) is 1.54. The molecule has 22 heavy (non-hydrogen) atoms. The molecular formula is C16H24N2O4. The summed E-state index contributed by atoms with van der Waals surface area (Å²) in [6.45, 7) is 5.96. The number of carbonyl (C=O) groups is 2. The summed E-state index contributed by atoms with van der Waals surface area (Å²) >= 11 is 0. The fourth-order valence-electron chi connectivity index (χ4n) is 2.19. The molecule has 1 amide bonds. The number of benzene rings is 1. The Balaban J connectivity index is 2.86. The summed E-state index contributed by atoms with van der Waals surface area (Å²) in [5.74, 6) is -0.619. The molecule has 2 N–H and O–H groups in total. The van der Waals surface area contributed by atoms with E-state index in [2.05, 4.69) is 5.32 Å². The molecule has 0 aliphatic rings. The van der Waals surface area contributed by atoms with Crippen LogP contribution < -0.4 is 10.1 Å². The lowest BCUT2D eigenvalue weighted by Gasteiger charge is -2.26. The Hall–Kier alpha value is -2.08. The minimum Gasteiger partial charge on any atom is -0.495 e. The largest absolute Gasteiger partial charge is 0.495 e. The van der Waals surface area contributed by atoms with E-state index in [1.807, 2.05) is 26.0 Å². The highest BCUT2D eigenvalue weighted by Gasteiger charge is 2.23. The van der Waals surface area contributed by atoms with Crippen LogP contribution in [0.1, 0.15) is 25.8 Å². The van der Waals surface area contributed by atoms with Gasteiger partial charge in [-0.15, -0.1) is 0 Å². The van der Waals surface area contributed by atoms with Crippen molar-refractivity contribution in [2.24, 2.45) is 0 Å². The minimum absolute atomic E-state index is 0.159. The topological polar surface area (TPSA) is 78.9 Å². The quantitative estimate of drug-likeness (QED) is 0.769. The number of carbonyl (C=O) groups excluding carboxylic acids is 1. The summed E-state index contributed by atoms with van der Waals surface area (Å²) in [4.78, 5) is 24.9. The molecule has 1 rings (SSSR count). The zero-order valence-corrected chi connectivity index (χ0v) is 13.5. The molecule has 0 aromatic heterocycles. The van der Waals surface area contributed by atoms with Gasteiger partial charge >= 0.3 is 5.97 Å². The highest BCUT2D eigenvalue weighted by Crippen LogP contribution is 2.25. The zero-order valence-electron chi connectivity index (χ0n) is 13.5. The van der Waals surface area contributed by atoms with E-state index in [0.29, 0.717) is 18.0 Å². The van der Waals surface area contributed by atoms with Crippen molar-refractivity contribution >= 4 is 17.6 Å². The molecule has 0 heterocycles. The van der Waals surface area contributed by atoms with Crippen LogP contribution in [0, 0.1) is 6.92 Å². The van der Waals surface area contributed by atoms with Crippen molar-refractivity contribution < 1.29 is 19.4 Å². The van der Waals surface area contributed by atoms with Crippen LogP contribution in [0.2, 0.25) is 0 Å². The highest BCUT2D eigenvalue weighted by atomic mass is 16.5. The molecule has 1 aromatic rings. The van der Waals surface area contributed by atoms with Gasteiger partial charge < -0.3 is 15.2 Å². The first-order valence-corrected chi connectivity index (χ1v) is 7.30. The molecule has 6 nitrogen and oxygen atoms in total. The Labute approximate surface area is 131 Å². The maximum absolute atomic E-state index is 12.4. The van der Waals surface area contributed by atoms with Gasteiger partial charge in [-0.1, -0.05) is 13.0 Å². The van der Waals surface area contributed by atoms with Gasteiger partial charge in [0.25, 0.3) is 0 Å². The maximum atomic E-state index is 12.4. The average molecular weight is 308 g/mol. The normalized spacial score (nSPS) is 12.0. The lowest BCUT2D eigenvalue weighted by Crippen LogP contribution is -2.45. The first kappa shape index (κ1) is 18.0. The number of nitrogens with one attached hydrogen (secondary N) is 1. The second-order valence-electron chi connectivity index (χ2n) is 5.23. The third-order valence-electron chi connectivity index (χ3n) is 3.39. The second-order valence-corrected chi connectivity index (χ2v) is 5.23. The fraction of sp³-hybridized carbons (Fsp3) is 0.500. The average Bonchev–Trinajstić information content (AvgIpc) is 2.45. The van der Waals surface area contributed by atoms with Crippen molar-refractivity contribution in [3.8, 4) is 5.75 Å². The molecule has 0 aliphatic carbocycles. The van der Waals surface area contributed by atoms with Crippen molar-refractivity contribution in [2.45, 2.75) is 33.2 Å². The van der Waals surface area contributed by atoms with E-state index < -0.39 is 12.0 Å². The van der Waals surface area contributed by atoms with E-state index in [1.165, 1.54) is 7.11 Å². The smallest absolute Gasteiger partial charge is 0.317 e. The molecule has 122 valence electrons. The van der Waals surface area contributed by atoms with Gasteiger partial charge in [0.2, 0.25) is 5.91 Å². The van der Waals surface area contributed by atoms with Gasteiger partial charge in [-0.3, -0.25) is 14.5 Å². The molecule has 0 aliphatic heterocycles. The molecule has 0 radical (unpaired) electrons. The molecule has 0 fully saturated rings. The molecule has 0 saturated carbocycles. The zero-order chi connectivity index (χ0) is 16.7. The van der Waals surface area contributed by atoms with Crippen LogP contribution >= 0.6 is 0 Å². The number of hydrogen-bond donors (Lipinski definition) is 2. The molecular weight excluding hydrogens is 284 g/mol. The van der Waals surface area contributed by atoms with Crippen LogP contribution in [0.25, 0.3) is 0 Å². The Kier molecular flexibility index (Phi) is 6.85. The van der Waals surface area contributed by atoms with E-state index >= 15 is 0 Å².